The molecule has 0 heterocycles. The molecular formula is C23H13Cl5FN3O4. The van der Waals surface area contributed by atoms with Gasteiger partial charge in [-0.3, -0.25) is 19.7 Å². The quantitative estimate of drug-likeness (QED) is 0.176. The third-order valence-electron chi connectivity index (χ3n) is 5.46. The summed E-state index contributed by atoms with van der Waals surface area (Å²) in [5, 5.41) is 16.9. The van der Waals surface area contributed by atoms with E-state index in [0.717, 1.165) is 12.1 Å². The Kier molecular flexibility index (Phi) is 7.37. The van der Waals surface area contributed by atoms with Crippen LogP contribution in [0.15, 0.2) is 54.6 Å². The van der Waals surface area contributed by atoms with Gasteiger partial charge in [0.15, 0.2) is 0 Å². The van der Waals surface area contributed by atoms with Crippen molar-refractivity contribution in [3.05, 3.63) is 96.7 Å². The van der Waals surface area contributed by atoms with Crippen molar-refractivity contribution in [1.29, 1.82) is 0 Å². The van der Waals surface area contributed by atoms with Crippen LogP contribution < -0.4 is 10.6 Å². The van der Waals surface area contributed by atoms with Crippen LogP contribution in [0.3, 0.4) is 0 Å². The number of nitro benzene ring substituents is 1. The number of alkyl halides is 2. The maximum Gasteiger partial charge on any atom is 0.295 e. The molecule has 1 aliphatic rings. The van der Waals surface area contributed by atoms with Gasteiger partial charge in [-0.2, -0.15) is 0 Å². The molecule has 0 saturated heterocycles. The van der Waals surface area contributed by atoms with Gasteiger partial charge in [-0.05, 0) is 54.1 Å². The van der Waals surface area contributed by atoms with Crippen LogP contribution in [-0.4, -0.2) is 21.1 Å². The molecule has 4 rings (SSSR count). The number of amides is 2. The van der Waals surface area contributed by atoms with Crippen molar-refractivity contribution >= 4 is 86.9 Å². The zero-order chi connectivity index (χ0) is 26.4. The van der Waals surface area contributed by atoms with Gasteiger partial charge >= 0.3 is 0 Å². The Labute approximate surface area is 228 Å². The van der Waals surface area contributed by atoms with E-state index in [2.05, 4.69) is 10.6 Å². The standard InChI is InChI=1S/C23H13Cl5FN3O4/c24-11-5-10(6-12(25)7-11)19-20(23(19,27)28)22(34)30-14-2-3-16(26)15(9-14)21(33)31-17-4-1-13(29)8-18(17)32(35)36/h1-9,19-20H,(H,30,34)(H,31,33)/t19-,20+/m1/s1. The molecule has 186 valence electrons. The Morgan fingerprint density at radius 3 is 2.25 bits per heavy atom. The second-order valence-corrected chi connectivity index (χ2v) is 10.6. The number of benzene rings is 3. The van der Waals surface area contributed by atoms with Gasteiger partial charge in [0, 0.05) is 21.7 Å². The fourth-order valence-corrected chi connectivity index (χ4v) is 5.35. The van der Waals surface area contributed by atoms with Gasteiger partial charge in [-0.25, -0.2) is 4.39 Å². The van der Waals surface area contributed by atoms with Gasteiger partial charge in [-0.1, -0.05) is 34.8 Å². The predicted molar refractivity (Wildman–Crippen MR) is 138 cm³/mol. The first kappa shape index (κ1) is 26.4. The molecule has 3 aromatic carbocycles. The van der Waals surface area contributed by atoms with Crippen molar-refractivity contribution in [2.75, 3.05) is 10.6 Å². The summed E-state index contributed by atoms with van der Waals surface area (Å²) in [4.78, 5) is 36.1. The van der Waals surface area contributed by atoms with E-state index in [1.54, 1.807) is 12.1 Å². The van der Waals surface area contributed by atoms with E-state index in [0.29, 0.717) is 21.7 Å². The monoisotopic (exact) mass is 589 g/mol. The summed E-state index contributed by atoms with van der Waals surface area (Å²) in [5.74, 6) is -3.59. The lowest BCUT2D eigenvalue weighted by Gasteiger charge is -2.11. The highest BCUT2D eigenvalue weighted by Gasteiger charge is 2.67. The zero-order valence-corrected chi connectivity index (χ0v) is 21.5. The fourth-order valence-electron chi connectivity index (χ4n) is 3.77. The lowest BCUT2D eigenvalue weighted by atomic mass is 10.1. The largest absolute Gasteiger partial charge is 0.326 e. The molecule has 1 fully saturated rings. The second-order valence-electron chi connectivity index (χ2n) is 7.89. The van der Waals surface area contributed by atoms with Gasteiger partial charge in [0.25, 0.3) is 11.6 Å². The molecule has 2 N–H and O–H groups in total. The number of hydrogen-bond donors (Lipinski definition) is 2. The number of nitro groups is 1. The molecule has 1 saturated carbocycles. The highest BCUT2D eigenvalue weighted by Crippen LogP contribution is 2.65. The Morgan fingerprint density at radius 2 is 1.61 bits per heavy atom. The van der Waals surface area contributed by atoms with Crippen molar-refractivity contribution in [3.63, 3.8) is 0 Å². The van der Waals surface area contributed by atoms with Gasteiger partial charge < -0.3 is 10.6 Å². The minimum absolute atomic E-state index is 0.0113. The highest BCUT2D eigenvalue weighted by molar-refractivity contribution is 6.53. The van der Waals surface area contributed by atoms with Crippen LogP contribution in [0.2, 0.25) is 15.1 Å². The normalized spacial score (nSPS) is 17.8. The minimum Gasteiger partial charge on any atom is -0.326 e. The maximum atomic E-state index is 13.4. The van der Waals surface area contributed by atoms with Gasteiger partial charge in [-0.15, -0.1) is 23.2 Å². The van der Waals surface area contributed by atoms with Crippen molar-refractivity contribution in [3.8, 4) is 0 Å². The van der Waals surface area contributed by atoms with Crippen LogP contribution in [0.1, 0.15) is 21.8 Å². The first-order valence-corrected chi connectivity index (χ1v) is 12.0. The minimum atomic E-state index is -1.41. The first-order valence-electron chi connectivity index (χ1n) is 10.1. The van der Waals surface area contributed by atoms with Gasteiger partial charge in [0.05, 0.1) is 27.5 Å². The Hall–Kier alpha value is -2.62. The lowest BCUT2D eigenvalue weighted by Crippen LogP contribution is -2.18. The second kappa shape index (κ2) is 10.0. The fraction of sp³-hybridized carbons (Fsp3) is 0.130. The summed E-state index contributed by atoms with van der Waals surface area (Å²) >= 11 is 31.0. The van der Waals surface area contributed by atoms with E-state index in [4.69, 9.17) is 58.0 Å². The van der Waals surface area contributed by atoms with Crippen LogP contribution in [0, 0.1) is 21.8 Å². The molecule has 13 heteroatoms. The number of rotatable bonds is 6. The Morgan fingerprint density at radius 1 is 0.944 bits per heavy atom. The number of nitrogens with zero attached hydrogens (tertiary/aromatic N) is 1. The molecule has 0 aromatic heterocycles. The number of nitrogens with one attached hydrogen (secondary N) is 2. The SMILES string of the molecule is O=C(Nc1ccc(F)cc1[N+](=O)[O-])c1cc(NC(=O)[C@@H]2[C@@H](c3cc(Cl)cc(Cl)c3)C2(Cl)Cl)ccc1Cl. The van der Waals surface area contributed by atoms with E-state index in [-0.39, 0.29) is 22.0 Å². The van der Waals surface area contributed by atoms with Crippen molar-refractivity contribution in [1.82, 2.24) is 0 Å². The van der Waals surface area contributed by atoms with Crippen molar-refractivity contribution in [2.45, 2.75) is 10.3 Å². The summed E-state index contributed by atoms with van der Waals surface area (Å²) in [6.45, 7) is 0. The van der Waals surface area contributed by atoms with Crippen molar-refractivity contribution < 1.29 is 18.9 Å². The van der Waals surface area contributed by atoms with Crippen molar-refractivity contribution in [2.24, 2.45) is 5.92 Å². The maximum absolute atomic E-state index is 13.4. The number of anilines is 2. The number of hydrogen-bond acceptors (Lipinski definition) is 4. The van der Waals surface area contributed by atoms with Crippen LogP contribution >= 0.6 is 58.0 Å². The molecule has 7 nitrogen and oxygen atoms in total. The average molecular weight is 592 g/mol. The van der Waals surface area contributed by atoms with Crippen LogP contribution in [0.5, 0.6) is 0 Å². The predicted octanol–water partition coefficient (Wildman–Crippen LogP) is 7.47. The molecule has 0 spiro atoms. The summed E-state index contributed by atoms with van der Waals surface area (Å²) in [6.07, 6.45) is 0. The third-order valence-corrected chi connectivity index (χ3v) is 7.17. The summed E-state index contributed by atoms with van der Waals surface area (Å²) in [7, 11) is 0. The van der Waals surface area contributed by atoms with E-state index in [1.165, 1.54) is 24.3 Å². The lowest BCUT2D eigenvalue weighted by molar-refractivity contribution is -0.384. The van der Waals surface area contributed by atoms with Crippen LogP contribution in [-0.2, 0) is 4.79 Å². The highest BCUT2D eigenvalue weighted by atomic mass is 35.5. The molecule has 2 atom stereocenters. The molecule has 0 radical (unpaired) electrons. The zero-order valence-electron chi connectivity index (χ0n) is 17.7. The Balaban J connectivity index is 1.53. The third kappa shape index (κ3) is 5.38. The van der Waals surface area contributed by atoms with E-state index >= 15 is 0 Å². The van der Waals surface area contributed by atoms with E-state index < -0.39 is 44.4 Å². The molecule has 1 aliphatic carbocycles. The molecule has 0 unspecified atom stereocenters. The summed E-state index contributed by atoms with van der Waals surface area (Å²) in [6, 6.07) is 11.6. The molecular weight excluding hydrogens is 579 g/mol. The smallest absolute Gasteiger partial charge is 0.295 e. The van der Waals surface area contributed by atoms with Crippen LogP contribution in [0.25, 0.3) is 0 Å². The Bertz CT molecular complexity index is 1400. The van der Waals surface area contributed by atoms with Gasteiger partial charge in [0.2, 0.25) is 5.91 Å². The molecule has 3 aromatic rings. The molecule has 2 amide bonds. The number of carbonyl (C=O) groups is 2. The van der Waals surface area contributed by atoms with Crippen LogP contribution in [0.4, 0.5) is 21.5 Å². The number of carbonyl (C=O) groups excluding carboxylic acids is 2. The first-order chi connectivity index (χ1) is 16.9. The average Bonchev–Trinajstić information content (AvgIpc) is 3.37. The van der Waals surface area contributed by atoms with Gasteiger partial charge in [0.1, 0.15) is 15.8 Å². The topological polar surface area (TPSA) is 101 Å². The van der Waals surface area contributed by atoms with E-state index in [9.17, 15) is 24.1 Å². The summed E-state index contributed by atoms with van der Waals surface area (Å²) < 4.78 is 12.0. The number of halogens is 6. The molecule has 36 heavy (non-hydrogen) atoms. The molecule has 0 bridgehead atoms. The molecule has 0 aliphatic heterocycles. The summed E-state index contributed by atoms with van der Waals surface area (Å²) in [5.41, 5.74) is -0.167. The van der Waals surface area contributed by atoms with E-state index in [1.807, 2.05) is 0 Å².